The summed E-state index contributed by atoms with van der Waals surface area (Å²) in [5, 5.41) is 5.08. The lowest BCUT2D eigenvalue weighted by molar-refractivity contribution is 0.600. The molecular formula is C13H12N4O2S. The average molecular weight is 288 g/mol. The highest BCUT2D eigenvalue weighted by Crippen LogP contribution is 2.23. The fraction of sp³-hybridized carbons (Fsp3) is 0.0769. The third-order valence-electron chi connectivity index (χ3n) is 2.95. The van der Waals surface area contributed by atoms with E-state index < -0.39 is 9.84 Å². The quantitative estimate of drug-likeness (QED) is 0.720. The zero-order chi connectivity index (χ0) is 14.3. The molecule has 0 aliphatic rings. The summed E-state index contributed by atoms with van der Waals surface area (Å²) in [5.41, 5.74) is 7.07. The van der Waals surface area contributed by atoms with Gasteiger partial charge in [0.05, 0.1) is 11.7 Å². The summed E-state index contributed by atoms with van der Waals surface area (Å²) in [6, 6.07) is 8.43. The van der Waals surface area contributed by atoms with Crippen LogP contribution in [0.5, 0.6) is 0 Å². The number of hydrogen-bond donors (Lipinski definition) is 1. The van der Waals surface area contributed by atoms with Gasteiger partial charge in [-0.15, -0.1) is 0 Å². The standard InChI is InChI=1S/C13H12N4O2S/c1-20(18,19)12-3-2-6-15-13(12)17-11-7-10(14)5-4-9(11)8-16-17/h2-8H,14H2,1H3. The maximum atomic E-state index is 11.8. The number of rotatable bonds is 2. The Morgan fingerprint density at radius 1 is 1.25 bits per heavy atom. The van der Waals surface area contributed by atoms with Crippen molar-refractivity contribution in [2.75, 3.05) is 12.0 Å². The largest absolute Gasteiger partial charge is 0.399 e. The molecule has 0 saturated heterocycles. The minimum atomic E-state index is -3.39. The second kappa shape index (κ2) is 4.31. The predicted molar refractivity (Wildman–Crippen MR) is 76.4 cm³/mol. The maximum Gasteiger partial charge on any atom is 0.179 e. The van der Waals surface area contributed by atoms with Gasteiger partial charge in [-0.25, -0.2) is 18.1 Å². The summed E-state index contributed by atoms with van der Waals surface area (Å²) in [7, 11) is -3.39. The number of aromatic nitrogens is 3. The van der Waals surface area contributed by atoms with Gasteiger partial charge in [-0.1, -0.05) is 0 Å². The molecule has 1 aromatic carbocycles. The highest BCUT2D eigenvalue weighted by Gasteiger charge is 2.17. The maximum absolute atomic E-state index is 11.8. The van der Waals surface area contributed by atoms with Crippen molar-refractivity contribution in [1.82, 2.24) is 14.8 Å². The predicted octanol–water partition coefficient (Wildman–Crippen LogP) is 1.41. The molecule has 0 unspecified atom stereocenters. The van der Waals surface area contributed by atoms with Crippen LogP contribution >= 0.6 is 0 Å². The van der Waals surface area contributed by atoms with E-state index >= 15 is 0 Å². The Morgan fingerprint density at radius 2 is 2.05 bits per heavy atom. The number of sulfone groups is 1. The van der Waals surface area contributed by atoms with Crippen LogP contribution in [0.2, 0.25) is 0 Å². The number of anilines is 1. The lowest BCUT2D eigenvalue weighted by atomic mass is 10.2. The SMILES string of the molecule is CS(=O)(=O)c1cccnc1-n1ncc2ccc(N)cc21. The molecule has 0 aliphatic carbocycles. The molecule has 0 bridgehead atoms. The van der Waals surface area contributed by atoms with E-state index in [1.54, 1.807) is 24.4 Å². The van der Waals surface area contributed by atoms with Gasteiger partial charge in [0.15, 0.2) is 15.7 Å². The van der Waals surface area contributed by atoms with Gasteiger partial charge < -0.3 is 5.73 Å². The molecule has 3 aromatic rings. The van der Waals surface area contributed by atoms with Crippen molar-refractivity contribution in [3.8, 4) is 5.82 Å². The summed E-state index contributed by atoms with van der Waals surface area (Å²) in [6.07, 6.45) is 4.33. The van der Waals surface area contributed by atoms with Gasteiger partial charge in [-0.05, 0) is 30.3 Å². The molecule has 0 atom stereocenters. The van der Waals surface area contributed by atoms with E-state index in [0.29, 0.717) is 11.2 Å². The first kappa shape index (κ1) is 12.6. The smallest absolute Gasteiger partial charge is 0.179 e. The van der Waals surface area contributed by atoms with E-state index in [9.17, 15) is 8.42 Å². The molecule has 2 N–H and O–H groups in total. The molecular weight excluding hydrogens is 276 g/mol. The Labute approximate surface area is 115 Å². The van der Waals surface area contributed by atoms with Crippen LogP contribution in [0, 0.1) is 0 Å². The van der Waals surface area contributed by atoms with Crippen molar-refractivity contribution in [1.29, 1.82) is 0 Å². The molecule has 2 heterocycles. The number of nitrogen functional groups attached to an aromatic ring is 1. The Morgan fingerprint density at radius 3 is 2.80 bits per heavy atom. The Kier molecular flexibility index (Phi) is 2.72. The number of fused-ring (bicyclic) bond motifs is 1. The molecule has 2 aromatic heterocycles. The zero-order valence-electron chi connectivity index (χ0n) is 10.7. The number of hydrogen-bond acceptors (Lipinski definition) is 5. The summed E-state index contributed by atoms with van der Waals surface area (Å²) >= 11 is 0. The molecule has 6 nitrogen and oxygen atoms in total. The molecule has 0 fully saturated rings. The fourth-order valence-corrected chi connectivity index (χ4v) is 2.83. The normalized spacial score (nSPS) is 11.8. The average Bonchev–Trinajstić information content (AvgIpc) is 2.80. The lowest BCUT2D eigenvalue weighted by Gasteiger charge is -2.07. The van der Waals surface area contributed by atoms with Crippen LogP contribution in [0.15, 0.2) is 47.6 Å². The van der Waals surface area contributed by atoms with Crippen molar-refractivity contribution in [2.45, 2.75) is 4.90 Å². The molecule has 0 spiro atoms. The summed E-state index contributed by atoms with van der Waals surface area (Å²) < 4.78 is 25.2. The molecule has 20 heavy (non-hydrogen) atoms. The second-order valence-corrected chi connectivity index (χ2v) is 6.46. The van der Waals surface area contributed by atoms with Gasteiger partial charge in [0.25, 0.3) is 0 Å². The Balaban J connectivity index is 2.35. The van der Waals surface area contributed by atoms with Crippen LogP contribution < -0.4 is 5.73 Å². The first-order chi connectivity index (χ1) is 9.47. The molecule has 7 heteroatoms. The summed E-state index contributed by atoms with van der Waals surface area (Å²) in [5.74, 6) is 0.274. The van der Waals surface area contributed by atoms with Crippen molar-refractivity contribution >= 4 is 26.4 Å². The third kappa shape index (κ3) is 2.01. The van der Waals surface area contributed by atoms with Crippen molar-refractivity contribution in [3.05, 3.63) is 42.7 Å². The van der Waals surface area contributed by atoms with E-state index in [2.05, 4.69) is 10.1 Å². The molecule has 0 amide bonds. The zero-order valence-corrected chi connectivity index (χ0v) is 11.5. The molecule has 3 rings (SSSR count). The molecule has 102 valence electrons. The highest BCUT2D eigenvalue weighted by atomic mass is 32.2. The number of pyridine rings is 1. The monoisotopic (exact) mass is 288 g/mol. The molecule has 0 aliphatic heterocycles. The molecule has 0 saturated carbocycles. The van der Waals surface area contributed by atoms with Gasteiger partial charge >= 0.3 is 0 Å². The van der Waals surface area contributed by atoms with Crippen molar-refractivity contribution in [3.63, 3.8) is 0 Å². The van der Waals surface area contributed by atoms with E-state index in [-0.39, 0.29) is 10.7 Å². The van der Waals surface area contributed by atoms with E-state index in [1.807, 2.05) is 6.07 Å². The summed E-state index contributed by atoms with van der Waals surface area (Å²) in [4.78, 5) is 4.28. The van der Waals surface area contributed by atoms with Crippen LogP contribution in [0.3, 0.4) is 0 Å². The Bertz CT molecular complexity index is 900. The number of nitrogens with zero attached hydrogens (tertiary/aromatic N) is 3. The first-order valence-corrected chi connectivity index (χ1v) is 7.75. The van der Waals surface area contributed by atoms with Crippen LogP contribution in [0.1, 0.15) is 0 Å². The van der Waals surface area contributed by atoms with Gasteiger partial charge in [0, 0.05) is 23.5 Å². The fourth-order valence-electron chi connectivity index (χ4n) is 2.03. The summed E-state index contributed by atoms with van der Waals surface area (Å²) in [6.45, 7) is 0. The minimum absolute atomic E-state index is 0.132. The third-order valence-corrected chi connectivity index (χ3v) is 4.06. The molecule has 0 radical (unpaired) electrons. The van der Waals surface area contributed by atoms with Crippen LogP contribution in [0.25, 0.3) is 16.7 Å². The topological polar surface area (TPSA) is 90.9 Å². The second-order valence-electron chi connectivity index (χ2n) is 4.47. The van der Waals surface area contributed by atoms with E-state index in [1.165, 1.54) is 16.9 Å². The highest BCUT2D eigenvalue weighted by molar-refractivity contribution is 7.90. The van der Waals surface area contributed by atoms with Crippen molar-refractivity contribution < 1.29 is 8.42 Å². The van der Waals surface area contributed by atoms with Gasteiger partial charge in [0.1, 0.15) is 4.90 Å². The minimum Gasteiger partial charge on any atom is -0.399 e. The lowest BCUT2D eigenvalue weighted by Crippen LogP contribution is -2.08. The van der Waals surface area contributed by atoms with Gasteiger partial charge in [0.2, 0.25) is 0 Å². The van der Waals surface area contributed by atoms with E-state index in [0.717, 1.165) is 11.6 Å². The number of nitrogens with two attached hydrogens (primary N) is 1. The van der Waals surface area contributed by atoms with Crippen LogP contribution in [-0.2, 0) is 9.84 Å². The van der Waals surface area contributed by atoms with Crippen LogP contribution in [-0.4, -0.2) is 29.4 Å². The first-order valence-electron chi connectivity index (χ1n) is 5.85. The Hall–Kier alpha value is -2.41. The number of benzene rings is 1. The van der Waals surface area contributed by atoms with Crippen molar-refractivity contribution in [2.24, 2.45) is 0 Å². The van der Waals surface area contributed by atoms with E-state index in [4.69, 9.17) is 5.73 Å². The van der Waals surface area contributed by atoms with Crippen LogP contribution in [0.4, 0.5) is 5.69 Å². The van der Waals surface area contributed by atoms with Gasteiger partial charge in [-0.2, -0.15) is 5.10 Å². The van der Waals surface area contributed by atoms with Gasteiger partial charge in [-0.3, -0.25) is 0 Å².